The van der Waals surface area contributed by atoms with Gasteiger partial charge in [-0.05, 0) is 12.8 Å². The van der Waals surface area contributed by atoms with Crippen molar-refractivity contribution in [3.63, 3.8) is 0 Å². The lowest BCUT2D eigenvalue weighted by atomic mass is 10.3. The van der Waals surface area contributed by atoms with Crippen molar-refractivity contribution in [3.05, 3.63) is 12.3 Å². The minimum atomic E-state index is 0.399. The molecule has 0 bridgehead atoms. The maximum atomic E-state index is 5.73. The average Bonchev–Trinajstić information content (AvgIpc) is 2.92. The standard InChI is InChI=1S/C10H15N3O/c1-13(2)9-5-8(6-12-10(9)11)14-7-3-4-7/h5-7H,3-4H2,1-2H3,(H2,11,12). The van der Waals surface area contributed by atoms with E-state index in [1.54, 1.807) is 6.20 Å². The second-order valence-corrected chi connectivity index (χ2v) is 3.79. The van der Waals surface area contributed by atoms with Crippen LogP contribution in [0.2, 0.25) is 0 Å². The maximum Gasteiger partial charge on any atom is 0.147 e. The Bertz CT molecular complexity index is 334. The molecule has 2 rings (SSSR count). The van der Waals surface area contributed by atoms with Gasteiger partial charge in [0, 0.05) is 20.2 Å². The van der Waals surface area contributed by atoms with Gasteiger partial charge in [0.1, 0.15) is 11.6 Å². The Kier molecular flexibility index (Phi) is 2.19. The van der Waals surface area contributed by atoms with E-state index in [1.165, 1.54) is 0 Å². The minimum Gasteiger partial charge on any atom is -0.489 e. The van der Waals surface area contributed by atoms with Crippen LogP contribution in [0.4, 0.5) is 11.5 Å². The lowest BCUT2D eigenvalue weighted by Gasteiger charge is -2.15. The van der Waals surface area contributed by atoms with Crippen LogP contribution >= 0.6 is 0 Å². The zero-order valence-electron chi connectivity index (χ0n) is 8.53. The maximum absolute atomic E-state index is 5.73. The Balaban J connectivity index is 2.20. The van der Waals surface area contributed by atoms with Crippen LogP contribution in [0, 0.1) is 0 Å². The van der Waals surface area contributed by atoms with Crippen LogP contribution in [0.5, 0.6) is 5.75 Å². The molecule has 1 fully saturated rings. The first-order chi connectivity index (χ1) is 6.66. The first-order valence-corrected chi connectivity index (χ1v) is 4.76. The quantitative estimate of drug-likeness (QED) is 0.785. The van der Waals surface area contributed by atoms with Crippen molar-refractivity contribution < 1.29 is 4.74 Å². The van der Waals surface area contributed by atoms with E-state index in [-0.39, 0.29) is 0 Å². The second kappa shape index (κ2) is 3.36. The Morgan fingerprint density at radius 1 is 1.50 bits per heavy atom. The smallest absolute Gasteiger partial charge is 0.147 e. The molecule has 1 aromatic rings. The summed E-state index contributed by atoms with van der Waals surface area (Å²) in [6, 6.07) is 1.93. The molecular weight excluding hydrogens is 178 g/mol. The van der Waals surface area contributed by atoms with E-state index < -0.39 is 0 Å². The highest BCUT2D eigenvalue weighted by Crippen LogP contribution is 2.30. The van der Waals surface area contributed by atoms with Crippen LogP contribution in [-0.4, -0.2) is 25.2 Å². The lowest BCUT2D eigenvalue weighted by Crippen LogP contribution is -2.12. The predicted octanol–water partition coefficient (Wildman–Crippen LogP) is 1.27. The van der Waals surface area contributed by atoms with Gasteiger partial charge in [0.05, 0.1) is 18.0 Å². The number of nitrogens with zero attached hydrogens (tertiary/aromatic N) is 2. The van der Waals surface area contributed by atoms with Crippen molar-refractivity contribution in [2.75, 3.05) is 24.7 Å². The van der Waals surface area contributed by atoms with Crippen molar-refractivity contribution >= 4 is 11.5 Å². The van der Waals surface area contributed by atoms with Gasteiger partial charge in [0.15, 0.2) is 0 Å². The Morgan fingerprint density at radius 2 is 2.21 bits per heavy atom. The van der Waals surface area contributed by atoms with Crippen LogP contribution in [0.25, 0.3) is 0 Å². The Hall–Kier alpha value is -1.45. The third-order valence-corrected chi connectivity index (χ3v) is 2.18. The Labute approximate surface area is 83.7 Å². The highest BCUT2D eigenvalue weighted by Gasteiger charge is 2.23. The molecule has 0 aliphatic heterocycles. The molecule has 1 aliphatic rings. The van der Waals surface area contributed by atoms with E-state index in [0.717, 1.165) is 24.3 Å². The molecule has 1 aliphatic carbocycles. The van der Waals surface area contributed by atoms with Gasteiger partial charge in [0.2, 0.25) is 0 Å². The molecular formula is C10H15N3O. The third kappa shape index (κ3) is 1.89. The SMILES string of the molecule is CN(C)c1cc(OC2CC2)cnc1N. The number of aromatic nitrogens is 1. The van der Waals surface area contributed by atoms with Crippen LogP contribution < -0.4 is 15.4 Å². The fourth-order valence-corrected chi connectivity index (χ4v) is 1.25. The average molecular weight is 193 g/mol. The lowest BCUT2D eigenvalue weighted by molar-refractivity contribution is 0.302. The summed E-state index contributed by atoms with van der Waals surface area (Å²) in [7, 11) is 3.88. The molecule has 0 atom stereocenters. The molecule has 4 nitrogen and oxygen atoms in total. The number of rotatable bonds is 3. The minimum absolute atomic E-state index is 0.399. The fourth-order valence-electron chi connectivity index (χ4n) is 1.25. The number of ether oxygens (including phenoxy) is 1. The van der Waals surface area contributed by atoms with E-state index in [2.05, 4.69) is 4.98 Å². The molecule has 1 heterocycles. The van der Waals surface area contributed by atoms with Gasteiger partial charge in [-0.3, -0.25) is 0 Å². The van der Waals surface area contributed by atoms with Crippen molar-refractivity contribution in [3.8, 4) is 5.75 Å². The normalized spacial score (nSPS) is 15.3. The monoisotopic (exact) mass is 193 g/mol. The van der Waals surface area contributed by atoms with E-state index in [0.29, 0.717) is 11.9 Å². The molecule has 2 N–H and O–H groups in total. The van der Waals surface area contributed by atoms with Gasteiger partial charge in [-0.2, -0.15) is 0 Å². The van der Waals surface area contributed by atoms with E-state index in [1.807, 2.05) is 25.1 Å². The number of hydrogen-bond acceptors (Lipinski definition) is 4. The van der Waals surface area contributed by atoms with Crippen LogP contribution in [0.15, 0.2) is 12.3 Å². The van der Waals surface area contributed by atoms with Crippen molar-refractivity contribution in [1.29, 1.82) is 0 Å². The molecule has 0 amide bonds. The topological polar surface area (TPSA) is 51.4 Å². The summed E-state index contributed by atoms with van der Waals surface area (Å²) in [5.74, 6) is 1.35. The number of nitrogen functional groups attached to an aromatic ring is 1. The molecule has 0 radical (unpaired) electrons. The van der Waals surface area contributed by atoms with Crippen molar-refractivity contribution in [2.45, 2.75) is 18.9 Å². The van der Waals surface area contributed by atoms with Gasteiger partial charge in [0.25, 0.3) is 0 Å². The molecule has 1 saturated carbocycles. The third-order valence-electron chi connectivity index (χ3n) is 2.18. The Morgan fingerprint density at radius 3 is 2.79 bits per heavy atom. The summed E-state index contributed by atoms with van der Waals surface area (Å²) < 4.78 is 5.63. The predicted molar refractivity (Wildman–Crippen MR) is 56.6 cm³/mol. The molecule has 0 spiro atoms. The molecule has 0 aromatic carbocycles. The molecule has 0 unspecified atom stereocenters. The highest BCUT2D eigenvalue weighted by atomic mass is 16.5. The molecule has 4 heteroatoms. The number of hydrogen-bond donors (Lipinski definition) is 1. The summed E-state index contributed by atoms with van der Waals surface area (Å²) in [4.78, 5) is 6.02. The van der Waals surface area contributed by atoms with Crippen molar-refractivity contribution in [1.82, 2.24) is 4.98 Å². The van der Waals surface area contributed by atoms with E-state index in [4.69, 9.17) is 10.5 Å². The number of anilines is 2. The van der Waals surface area contributed by atoms with E-state index in [9.17, 15) is 0 Å². The van der Waals surface area contributed by atoms with Crippen LogP contribution in [0.1, 0.15) is 12.8 Å². The summed E-state index contributed by atoms with van der Waals surface area (Å²) in [5, 5.41) is 0. The second-order valence-electron chi connectivity index (χ2n) is 3.79. The zero-order chi connectivity index (χ0) is 10.1. The van der Waals surface area contributed by atoms with E-state index >= 15 is 0 Å². The first-order valence-electron chi connectivity index (χ1n) is 4.76. The first kappa shape index (κ1) is 9.12. The summed E-state index contributed by atoms with van der Waals surface area (Å²) in [6.45, 7) is 0. The number of nitrogens with two attached hydrogens (primary N) is 1. The summed E-state index contributed by atoms with van der Waals surface area (Å²) >= 11 is 0. The van der Waals surface area contributed by atoms with Gasteiger partial charge in [-0.15, -0.1) is 0 Å². The van der Waals surface area contributed by atoms with Gasteiger partial charge in [-0.25, -0.2) is 4.98 Å². The zero-order valence-corrected chi connectivity index (χ0v) is 8.53. The van der Waals surface area contributed by atoms with Gasteiger partial charge < -0.3 is 15.4 Å². The van der Waals surface area contributed by atoms with Crippen molar-refractivity contribution in [2.24, 2.45) is 0 Å². The summed E-state index contributed by atoms with van der Waals surface area (Å²) in [5.41, 5.74) is 6.63. The molecule has 14 heavy (non-hydrogen) atoms. The fraction of sp³-hybridized carbons (Fsp3) is 0.500. The molecule has 1 aromatic heterocycles. The molecule has 76 valence electrons. The van der Waals surface area contributed by atoms with Gasteiger partial charge >= 0.3 is 0 Å². The summed E-state index contributed by atoms with van der Waals surface area (Å²) in [6.07, 6.45) is 4.39. The number of pyridine rings is 1. The van der Waals surface area contributed by atoms with Gasteiger partial charge in [-0.1, -0.05) is 0 Å². The largest absolute Gasteiger partial charge is 0.489 e. The van der Waals surface area contributed by atoms with Crippen LogP contribution in [-0.2, 0) is 0 Å². The molecule has 0 saturated heterocycles. The highest BCUT2D eigenvalue weighted by molar-refractivity contribution is 5.64. The van der Waals surface area contributed by atoms with Crippen LogP contribution in [0.3, 0.4) is 0 Å².